The number of nitrogens with one attached hydrogen (secondary N) is 1. The molecule has 0 bridgehead atoms. The summed E-state index contributed by atoms with van der Waals surface area (Å²) >= 11 is 0. The molecule has 0 aliphatic heterocycles. The van der Waals surface area contributed by atoms with E-state index in [4.69, 9.17) is 0 Å². The van der Waals surface area contributed by atoms with Crippen LogP contribution in [0.25, 0.3) is 0 Å². The first kappa shape index (κ1) is 8.48. The van der Waals surface area contributed by atoms with Crippen LogP contribution in [0.5, 0.6) is 0 Å². The molecule has 0 saturated heterocycles. The Kier molecular flexibility index (Phi) is 1.94. The van der Waals surface area contributed by atoms with Gasteiger partial charge in [-0.3, -0.25) is 4.98 Å². The predicted octanol–water partition coefficient (Wildman–Crippen LogP) is 1.93. The third-order valence-corrected chi connectivity index (χ3v) is 2.81. The summed E-state index contributed by atoms with van der Waals surface area (Å²) in [5.41, 5.74) is 0.537. The standard InChI is InChI=1S/C10H15N3/c1-10(2)5-8(10)6-13-9-7-11-3-4-12-9/h3-4,7-8H,5-6H2,1-2H3,(H,12,13). The van der Waals surface area contributed by atoms with E-state index in [0.29, 0.717) is 5.41 Å². The first-order chi connectivity index (χ1) is 6.18. The molecule has 70 valence electrons. The van der Waals surface area contributed by atoms with Crippen LogP contribution in [0.3, 0.4) is 0 Å². The van der Waals surface area contributed by atoms with Crippen LogP contribution in [0.15, 0.2) is 18.6 Å². The molecule has 1 aromatic rings. The largest absolute Gasteiger partial charge is 0.368 e. The minimum atomic E-state index is 0.537. The van der Waals surface area contributed by atoms with Gasteiger partial charge in [0.05, 0.1) is 6.20 Å². The fourth-order valence-electron chi connectivity index (χ4n) is 1.54. The van der Waals surface area contributed by atoms with E-state index in [1.807, 2.05) is 0 Å². The van der Waals surface area contributed by atoms with Crippen molar-refractivity contribution in [1.82, 2.24) is 9.97 Å². The van der Waals surface area contributed by atoms with Gasteiger partial charge in [0, 0.05) is 18.9 Å². The van der Waals surface area contributed by atoms with E-state index in [2.05, 4.69) is 29.1 Å². The molecular formula is C10H15N3. The van der Waals surface area contributed by atoms with E-state index in [1.165, 1.54) is 6.42 Å². The van der Waals surface area contributed by atoms with Gasteiger partial charge in [-0.1, -0.05) is 13.8 Å². The molecule has 1 unspecified atom stereocenters. The molecule has 1 aromatic heterocycles. The Labute approximate surface area is 78.6 Å². The highest BCUT2D eigenvalue weighted by atomic mass is 15.0. The SMILES string of the molecule is CC1(C)CC1CNc1cnccn1. The van der Waals surface area contributed by atoms with Crippen LogP contribution in [0, 0.1) is 11.3 Å². The average Bonchev–Trinajstić information content (AvgIpc) is 2.73. The second-order valence-electron chi connectivity index (χ2n) is 4.36. The first-order valence-electron chi connectivity index (χ1n) is 4.68. The maximum absolute atomic E-state index is 4.15. The maximum atomic E-state index is 4.15. The van der Waals surface area contributed by atoms with Crippen molar-refractivity contribution in [3.63, 3.8) is 0 Å². The van der Waals surface area contributed by atoms with Crippen molar-refractivity contribution in [1.29, 1.82) is 0 Å². The van der Waals surface area contributed by atoms with Crippen LogP contribution in [-0.2, 0) is 0 Å². The Morgan fingerprint density at radius 3 is 2.85 bits per heavy atom. The molecule has 0 aromatic carbocycles. The fourth-order valence-corrected chi connectivity index (χ4v) is 1.54. The molecule has 1 atom stereocenters. The van der Waals surface area contributed by atoms with Gasteiger partial charge in [-0.05, 0) is 17.8 Å². The summed E-state index contributed by atoms with van der Waals surface area (Å²) < 4.78 is 0. The zero-order valence-electron chi connectivity index (χ0n) is 8.12. The van der Waals surface area contributed by atoms with E-state index in [0.717, 1.165) is 18.3 Å². The molecule has 1 saturated carbocycles. The Bertz CT molecular complexity index is 281. The molecule has 3 nitrogen and oxygen atoms in total. The highest BCUT2D eigenvalue weighted by molar-refractivity contribution is 5.30. The van der Waals surface area contributed by atoms with Gasteiger partial charge in [-0.15, -0.1) is 0 Å². The van der Waals surface area contributed by atoms with E-state index >= 15 is 0 Å². The molecule has 3 heteroatoms. The number of anilines is 1. The smallest absolute Gasteiger partial charge is 0.144 e. The summed E-state index contributed by atoms with van der Waals surface area (Å²) in [7, 11) is 0. The molecule has 1 N–H and O–H groups in total. The minimum absolute atomic E-state index is 0.537. The molecule has 1 fully saturated rings. The highest BCUT2D eigenvalue weighted by Crippen LogP contribution is 2.51. The van der Waals surface area contributed by atoms with Crippen molar-refractivity contribution in [2.45, 2.75) is 20.3 Å². The second-order valence-corrected chi connectivity index (χ2v) is 4.36. The summed E-state index contributed by atoms with van der Waals surface area (Å²) in [6.45, 7) is 5.62. The van der Waals surface area contributed by atoms with Gasteiger partial charge < -0.3 is 5.32 Å². The van der Waals surface area contributed by atoms with Crippen molar-refractivity contribution in [2.24, 2.45) is 11.3 Å². The Morgan fingerprint density at radius 2 is 2.31 bits per heavy atom. The molecule has 13 heavy (non-hydrogen) atoms. The zero-order valence-corrected chi connectivity index (χ0v) is 8.12. The molecular weight excluding hydrogens is 162 g/mol. The maximum Gasteiger partial charge on any atom is 0.144 e. The third-order valence-electron chi connectivity index (χ3n) is 2.81. The van der Waals surface area contributed by atoms with Crippen molar-refractivity contribution in [3.05, 3.63) is 18.6 Å². The molecule has 0 spiro atoms. The van der Waals surface area contributed by atoms with E-state index in [-0.39, 0.29) is 0 Å². The number of rotatable bonds is 3. The lowest BCUT2D eigenvalue weighted by atomic mass is 10.1. The third kappa shape index (κ3) is 1.97. The average molecular weight is 177 g/mol. The minimum Gasteiger partial charge on any atom is -0.368 e. The molecule has 1 heterocycles. The van der Waals surface area contributed by atoms with Gasteiger partial charge in [0.1, 0.15) is 5.82 Å². The molecule has 0 amide bonds. The van der Waals surface area contributed by atoms with E-state index < -0.39 is 0 Å². The zero-order chi connectivity index (χ0) is 9.31. The summed E-state index contributed by atoms with van der Waals surface area (Å²) in [5, 5.41) is 3.29. The van der Waals surface area contributed by atoms with Gasteiger partial charge >= 0.3 is 0 Å². The lowest BCUT2D eigenvalue weighted by Gasteiger charge is -2.05. The Balaban J connectivity index is 1.82. The monoisotopic (exact) mass is 177 g/mol. The van der Waals surface area contributed by atoms with E-state index in [1.54, 1.807) is 18.6 Å². The van der Waals surface area contributed by atoms with Gasteiger partial charge in [0.2, 0.25) is 0 Å². The number of aromatic nitrogens is 2. The normalized spacial score (nSPS) is 24.0. The van der Waals surface area contributed by atoms with Crippen molar-refractivity contribution in [2.75, 3.05) is 11.9 Å². The summed E-state index contributed by atoms with van der Waals surface area (Å²) in [5.74, 6) is 1.68. The molecule has 0 radical (unpaired) electrons. The molecule has 1 aliphatic carbocycles. The lowest BCUT2D eigenvalue weighted by molar-refractivity contribution is 0.573. The quantitative estimate of drug-likeness (QED) is 0.766. The van der Waals surface area contributed by atoms with Gasteiger partial charge in [-0.25, -0.2) is 4.98 Å². The van der Waals surface area contributed by atoms with Crippen molar-refractivity contribution < 1.29 is 0 Å². The summed E-state index contributed by atoms with van der Waals surface area (Å²) in [4.78, 5) is 8.15. The van der Waals surface area contributed by atoms with E-state index in [9.17, 15) is 0 Å². The summed E-state index contributed by atoms with van der Waals surface area (Å²) in [6.07, 6.45) is 6.47. The van der Waals surface area contributed by atoms with Crippen molar-refractivity contribution in [3.8, 4) is 0 Å². The van der Waals surface area contributed by atoms with Crippen LogP contribution in [-0.4, -0.2) is 16.5 Å². The van der Waals surface area contributed by atoms with Crippen LogP contribution < -0.4 is 5.32 Å². The number of nitrogens with zero attached hydrogens (tertiary/aromatic N) is 2. The van der Waals surface area contributed by atoms with Gasteiger partial charge in [-0.2, -0.15) is 0 Å². The Morgan fingerprint density at radius 1 is 1.54 bits per heavy atom. The molecule has 1 aliphatic rings. The van der Waals surface area contributed by atoms with Crippen LogP contribution in [0.4, 0.5) is 5.82 Å². The van der Waals surface area contributed by atoms with Crippen LogP contribution >= 0.6 is 0 Å². The van der Waals surface area contributed by atoms with Crippen molar-refractivity contribution >= 4 is 5.82 Å². The first-order valence-corrected chi connectivity index (χ1v) is 4.68. The van der Waals surface area contributed by atoms with Gasteiger partial charge in [0.15, 0.2) is 0 Å². The van der Waals surface area contributed by atoms with Crippen LogP contribution in [0.2, 0.25) is 0 Å². The number of hydrogen-bond donors (Lipinski definition) is 1. The molecule has 2 rings (SSSR count). The topological polar surface area (TPSA) is 37.8 Å². The number of hydrogen-bond acceptors (Lipinski definition) is 3. The second kappa shape index (κ2) is 2.98. The summed E-state index contributed by atoms with van der Waals surface area (Å²) in [6, 6.07) is 0. The predicted molar refractivity (Wildman–Crippen MR) is 52.4 cm³/mol. The van der Waals surface area contributed by atoms with Crippen LogP contribution in [0.1, 0.15) is 20.3 Å². The lowest BCUT2D eigenvalue weighted by Crippen LogP contribution is -2.08. The van der Waals surface area contributed by atoms with Gasteiger partial charge in [0.25, 0.3) is 0 Å². The Hall–Kier alpha value is -1.12. The highest BCUT2D eigenvalue weighted by Gasteiger charge is 2.44. The fraction of sp³-hybridized carbons (Fsp3) is 0.600.